The van der Waals surface area contributed by atoms with E-state index in [2.05, 4.69) is 5.32 Å². The van der Waals surface area contributed by atoms with Crippen molar-refractivity contribution in [1.82, 2.24) is 0 Å². The maximum Gasteiger partial charge on any atom is 0.269 e. The number of benzene rings is 2. The van der Waals surface area contributed by atoms with Crippen LogP contribution in [0, 0.1) is 10.1 Å². The molecule has 118 valence electrons. The van der Waals surface area contributed by atoms with Crippen molar-refractivity contribution in [2.45, 2.75) is 12.8 Å². The van der Waals surface area contributed by atoms with Crippen LogP contribution in [0.1, 0.15) is 28.8 Å². The molecule has 0 saturated carbocycles. The lowest BCUT2D eigenvalue weighted by atomic mass is 10.00. The fourth-order valence-electron chi connectivity index (χ4n) is 2.00. The van der Waals surface area contributed by atoms with Gasteiger partial charge in [0.25, 0.3) is 5.69 Å². The monoisotopic (exact) mass is 313 g/mol. The van der Waals surface area contributed by atoms with Gasteiger partial charge in [-0.15, -0.1) is 0 Å². The number of nitrogens with one attached hydrogen (secondary N) is 1. The van der Waals surface area contributed by atoms with Gasteiger partial charge in [0.1, 0.15) is 0 Å². The van der Waals surface area contributed by atoms with Gasteiger partial charge in [0.05, 0.1) is 10.8 Å². The standard InChI is InChI=1S/C16H15N3O4/c1-10(11-4-8-14(9-5-11)19(22)23)16(21)18-13-6-2-12(3-7-13)15(17)20/h2-10H,1H3,(H2,17,20)(H,18,21)/t10-/m1/s1. The summed E-state index contributed by atoms with van der Waals surface area (Å²) in [5.74, 6) is -1.28. The number of nitro benzene ring substituents is 1. The van der Waals surface area contributed by atoms with Crippen molar-refractivity contribution >= 4 is 23.2 Å². The molecule has 0 saturated heterocycles. The molecule has 2 aromatic carbocycles. The summed E-state index contributed by atoms with van der Waals surface area (Å²) in [7, 11) is 0. The van der Waals surface area contributed by atoms with Crippen LogP contribution in [0.5, 0.6) is 0 Å². The Bertz CT molecular complexity index is 739. The average Bonchev–Trinajstić information content (AvgIpc) is 2.54. The van der Waals surface area contributed by atoms with E-state index in [1.165, 1.54) is 24.3 Å². The normalized spacial score (nSPS) is 11.5. The van der Waals surface area contributed by atoms with Crippen molar-refractivity contribution in [3.05, 3.63) is 69.8 Å². The maximum atomic E-state index is 12.2. The Morgan fingerprint density at radius 1 is 1.09 bits per heavy atom. The first-order valence-corrected chi connectivity index (χ1v) is 6.83. The van der Waals surface area contributed by atoms with Crippen LogP contribution < -0.4 is 11.1 Å². The van der Waals surface area contributed by atoms with E-state index < -0.39 is 16.7 Å². The Kier molecular flexibility index (Phi) is 4.70. The van der Waals surface area contributed by atoms with Gasteiger partial charge in [-0.25, -0.2) is 0 Å². The second-order valence-corrected chi connectivity index (χ2v) is 5.00. The third-order valence-corrected chi connectivity index (χ3v) is 3.43. The van der Waals surface area contributed by atoms with Crippen LogP contribution >= 0.6 is 0 Å². The molecule has 0 unspecified atom stereocenters. The molecule has 2 aromatic rings. The first-order chi connectivity index (χ1) is 10.9. The number of carbonyl (C=O) groups is 2. The van der Waals surface area contributed by atoms with Gasteiger partial charge >= 0.3 is 0 Å². The summed E-state index contributed by atoms with van der Waals surface area (Å²) in [4.78, 5) is 33.3. The second kappa shape index (κ2) is 6.69. The number of carbonyl (C=O) groups excluding carboxylic acids is 2. The number of nitro groups is 1. The quantitative estimate of drug-likeness (QED) is 0.651. The summed E-state index contributed by atoms with van der Waals surface area (Å²) in [5, 5.41) is 13.3. The molecule has 7 heteroatoms. The van der Waals surface area contributed by atoms with Crippen LogP contribution in [0.15, 0.2) is 48.5 Å². The van der Waals surface area contributed by atoms with Crippen LogP contribution in [-0.2, 0) is 4.79 Å². The lowest BCUT2D eigenvalue weighted by molar-refractivity contribution is -0.384. The van der Waals surface area contributed by atoms with Crippen LogP contribution in [0.3, 0.4) is 0 Å². The van der Waals surface area contributed by atoms with E-state index in [0.29, 0.717) is 16.8 Å². The predicted molar refractivity (Wildman–Crippen MR) is 85.1 cm³/mol. The zero-order valence-corrected chi connectivity index (χ0v) is 12.4. The largest absolute Gasteiger partial charge is 0.366 e. The number of nitrogens with zero attached hydrogens (tertiary/aromatic N) is 1. The molecule has 0 aliphatic heterocycles. The van der Waals surface area contributed by atoms with E-state index in [0.717, 1.165) is 0 Å². The van der Waals surface area contributed by atoms with Crippen LogP contribution in [0.4, 0.5) is 11.4 Å². The van der Waals surface area contributed by atoms with E-state index in [1.807, 2.05) is 0 Å². The Labute approximate surface area is 132 Å². The Morgan fingerprint density at radius 3 is 2.13 bits per heavy atom. The number of amides is 2. The predicted octanol–water partition coefficient (Wildman–Crippen LogP) is 2.44. The van der Waals surface area contributed by atoms with Gasteiger partial charge in [0.15, 0.2) is 0 Å². The van der Waals surface area contributed by atoms with E-state index in [9.17, 15) is 19.7 Å². The molecule has 0 aliphatic rings. The zero-order valence-electron chi connectivity index (χ0n) is 12.4. The Hall–Kier alpha value is -3.22. The molecular weight excluding hydrogens is 298 g/mol. The van der Waals surface area contributed by atoms with Gasteiger partial charge in [-0.3, -0.25) is 19.7 Å². The summed E-state index contributed by atoms with van der Waals surface area (Å²) >= 11 is 0. The highest BCUT2D eigenvalue weighted by molar-refractivity contribution is 5.97. The minimum Gasteiger partial charge on any atom is -0.366 e. The van der Waals surface area contributed by atoms with Gasteiger partial charge in [0.2, 0.25) is 11.8 Å². The number of non-ortho nitro benzene ring substituents is 1. The summed E-state index contributed by atoms with van der Waals surface area (Å²) in [6.45, 7) is 1.70. The van der Waals surface area contributed by atoms with Gasteiger partial charge in [0, 0.05) is 23.4 Å². The Morgan fingerprint density at radius 2 is 1.65 bits per heavy atom. The van der Waals surface area contributed by atoms with Crippen LogP contribution in [0.2, 0.25) is 0 Å². The van der Waals surface area contributed by atoms with Gasteiger partial charge in [-0.2, -0.15) is 0 Å². The SMILES string of the molecule is C[C@@H](C(=O)Nc1ccc(C(N)=O)cc1)c1ccc([N+](=O)[O-])cc1. The number of hydrogen-bond acceptors (Lipinski definition) is 4. The van der Waals surface area contributed by atoms with E-state index >= 15 is 0 Å². The summed E-state index contributed by atoms with van der Waals surface area (Å²) < 4.78 is 0. The van der Waals surface area contributed by atoms with Crippen LogP contribution in [0.25, 0.3) is 0 Å². The number of anilines is 1. The van der Waals surface area contributed by atoms with E-state index in [1.54, 1.807) is 31.2 Å². The van der Waals surface area contributed by atoms with Crippen LogP contribution in [-0.4, -0.2) is 16.7 Å². The smallest absolute Gasteiger partial charge is 0.269 e. The molecule has 2 rings (SSSR count). The summed E-state index contributed by atoms with van der Waals surface area (Å²) in [6.07, 6.45) is 0. The number of nitrogens with two attached hydrogens (primary N) is 1. The van der Waals surface area contributed by atoms with Crippen molar-refractivity contribution in [3.63, 3.8) is 0 Å². The molecule has 0 aromatic heterocycles. The molecule has 0 heterocycles. The minimum absolute atomic E-state index is 0.0246. The average molecular weight is 313 g/mol. The molecule has 7 nitrogen and oxygen atoms in total. The van der Waals surface area contributed by atoms with Crippen molar-refractivity contribution < 1.29 is 14.5 Å². The zero-order chi connectivity index (χ0) is 17.0. The second-order valence-electron chi connectivity index (χ2n) is 5.00. The molecule has 2 amide bonds. The summed E-state index contributed by atoms with van der Waals surface area (Å²) in [5.41, 5.74) is 6.68. The third-order valence-electron chi connectivity index (χ3n) is 3.43. The molecular formula is C16H15N3O4. The highest BCUT2D eigenvalue weighted by Gasteiger charge is 2.16. The molecule has 3 N–H and O–H groups in total. The van der Waals surface area contributed by atoms with E-state index in [4.69, 9.17) is 5.73 Å². The lowest BCUT2D eigenvalue weighted by Gasteiger charge is -2.12. The minimum atomic E-state index is -0.540. The lowest BCUT2D eigenvalue weighted by Crippen LogP contribution is -2.19. The van der Waals surface area contributed by atoms with Crippen molar-refractivity contribution in [2.75, 3.05) is 5.32 Å². The highest BCUT2D eigenvalue weighted by Crippen LogP contribution is 2.21. The van der Waals surface area contributed by atoms with E-state index in [-0.39, 0.29) is 11.6 Å². The van der Waals surface area contributed by atoms with Gasteiger partial charge < -0.3 is 11.1 Å². The molecule has 0 fully saturated rings. The first kappa shape index (κ1) is 16.2. The van der Waals surface area contributed by atoms with Crippen molar-refractivity contribution in [2.24, 2.45) is 5.73 Å². The first-order valence-electron chi connectivity index (χ1n) is 6.83. The number of hydrogen-bond donors (Lipinski definition) is 2. The third kappa shape index (κ3) is 3.91. The molecule has 0 radical (unpaired) electrons. The molecule has 23 heavy (non-hydrogen) atoms. The van der Waals surface area contributed by atoms with Crippen molar-refractivity contribution in [1.29, 1.82) is 0 Å². The van der Waals surface area contributed by atoms with Crippen molar-refractivity contribution in [3.8, 4) is 0 Å². The molecule has 0 spiro atoms. The molecule has 1 atom stereocenters. The number of rotatable bonds is 5. The van der Waals surface area contributed by atoms with Gasteiger partial charge in [-0.1, -0.05) is 12.1 Å². The van der Waals surface area contributed by atoms with Gasteiger partial charge in [-0.05, 0) is 36.8 Å². The number of primary amides is 1. The fraction of sp³-hybridized carbons (Fsp3) is 0.125. The molecule has 0 aliphatic carbocycles. The topological polar surface area (TPSA) is 115 Å². The fourth-order valence-corrected chi connectivity index (χ4v) is 2.00. The Balaban J connectivity index is 2.07. The summed E-state index contributed by atoms with van der Waals surface area (Å²) in [6, 6.07) is 12.0. The maximum absolute atomic E-state index is 12.2. The molecule has 0 bridgehead atoms. The highest BCUT2D eigenvalue weighted by atomic mass is 16.6.